The minimum Gasteiger partial charge on any atom is -0.373 e. The van der Waals surface area contributed by atoms with E-state index in [1.807, 2.05) is 0 Å². The zero-order valence-corrected chi connectivity index (χ0v) is 7.29. The summed E-state index contributed by atoms with van der Waals surface area (Å²) in [5, 5.41) is -0.351. The highest BCUT2D eigenvalue weighted by atomic mass is 32.2. The topological polar surface area (TPSA) is 52.6 Å². The van der Waals surface area contributed by atoms with E-state index in [1.165, 1.54) is 0 Å². The monoisotopic (exact) mass is 190 g/mol. The van der Waals surface area contributed by atoms with Gasteiger partial charge in [-0.2, -0.15) is 8.42 Å². The average Bonchev–Trinajstić information content (AvgIpc) is 2.61. The molecule has 4 nitrogen and oxygen atoms in total. The number of fused-ring (bicyclic) bond motifs is 5. The Labute approximate surface area is 71.0 Å². The normalized spacial score (nSPS) is 54.3. The Morgan fingerprint density at radius 3 is 2.67 bits per heavy atom. The molecule has 68 valence electrons. The van der Waals surface area contributed by atoms with E-state index in [2.05, 4.69) is 0 Å². The Bertz CT molecular complexity index is 309. The first kappa shape index (κ1) is 7.29. The standard InChI is InChI=1S/C7H10O4S/c8-12(9)7-4(3-10-12)5-1-2-6(7)11-5/h4-7H,1-3H2. The molecular weight excluding hydrogens is 180 g/mol. The molecule has 0 aromatic heterocycles. The second kappa shape index (κ2) is 2.02. The highest BCUT2D eigenvalue weighted by Crippen LogP contribution is 2.46. The van der Waals surface area contributed by atoms with Crippen LogP contribution < -0.4 is 0 Å². The fourth-order valence-corrected chi connectivity index (χ4v) is 4.35. The summed E-state index contributed by atoms with van der Waals surface area (Å²) < 4.78 is 33.0. The van der Waals surface area contributed by atoms with Gasteiger partial charge in [-0.15, -0.1) is 0 Å². The van der Waals surface area contributed by atoms with Crippen LogP contribution in [0.4, 0.5) is 0 Å². The van der Waals surface area contributed by atoms with Crippen molar-refractivity contribution in [2.24, 2.45) is 5.92 Å². The van der Waals surface area contributed by atoms with Gasteiger partial charge in [0.2, 0.25) is 0 Å². The quantitative estimate of drug-likeness (QED) is 0.500. The maximum atomic E-state index is 11.3. The predicted molar refractivity (Wildman–Crippen MR) is 40.0 cm³/mol. The first-order chi connectivity index (χ1) is 5.68. The minimum atomic E-state index is -3.28. The molecule has 0 spiro atoms. The third kappa shape index (κ3) is 0.719. The molecule has 4 unspecified atom stereocenters. The van der Waals surface area contributed by atoms with E-state index in [4.69, 9.17) is 8.92 Å². The van der Waals surface area contributed by atoms with Crippen LogP contribution in [0.2, 0.25) is 0 Å². The molecule has 3 aliphatic rings. The maximum Gasteiger partial charge on any atom is 0.273 e. The third-order valence-corrected chi connectivity index (χ3v) is 4.89. The molecule has 0 amide bonds. The van der Waals surface area contributed by atoms with E-state index in [0.717, 1.165) is 12.8 Å². The van der Waals surface area contributed by atoms with Crippen molar-refractivity contribution in [3.05, 3.63) is 0 Å². The van der Waals surface area contributed by atoms with Gasteiger partial charge >= 0.3 is 0 Å². The maximum absolute atomic E-state index is 11.3. The van der Waals surface area contributed by atoms with E-state index in [-0.39, 0.29) is 23.4 Å². The number of hydrogen-bond donors (Lipinski definition) is 0. The summed E-state index contributed by atoms with van der Waals surface area (Å²) in [5.41, 5.74) is 0. The molecule has 0 aromatic rings. The lowest BCUT2D eigenvalue weighted by molar-refractivity contribution is 0.0806. The molecule has 0 N–H and O–H groups in total. The van der Waals surface area contributed by atoms with Gasteiger partial charge in [0, 0.05) is 5.92 Å². The Kier molecular flexibility index (Phi) is 1.23. The van der Waals surface area contributed by atoms with Crippen molar-refractivity contribution in [1.29, 1.82) is 0 Å². The van der Waals surface area contributed by atoms with Gasteiger partial charge in [-0.05, 0) is 12.8 Å². The van der Waals surface area contributed by atoms with Gasteiger partial charge < -0.3 is 4.74 Å². The van der Waals surface area contributed by atoms with Crippen molar-refractivity contribution in [1.82, 2.24) is 0 Å². The summed E-state index contributed by atoms with van der Waals surface area (Å²) in [4.78, 5) is 0. The number of rotatable bonds is 0. The molecule has 0 aliphatic carbocycles. The van der Waals surface area contributed by atoms with Gasteiger partial charge in [-0.3, -0.25) is 4.18 Å². The average molecular weight is 190 g/mol. The van der Waals surface area contributed by atoms with Crippen LogP contribution in [0, 0.1) is 5.92 Å². The molecule has 3 heterocycles. The summed E-state index contributed by atoms with van der Waals surface area (Å²) >= 11 is 0. The van der Waals surface area contributed by atoms with Crippen molar-refractivity contribution in [2.75, 3.05) is 6.61 Å². The van der Waals surface area contributed by atoms with Crippen LogP contribution in [0.3, 0.4) is 0 Å². The van der Waals surface area contributed by atoms with Crippen molar-refractivity contribution >= 4 is 10.1 Å². The molecule has 0 saturated carbocycles. The molecular formula is C7H10O4S. The van der Waals surface area contributed by atoms with Crippen LogP contribution >= 0.6 is 0 Å². The van der Waals surface area contributed by atoms with Gasteiger partial charge in [0.15, 0.2) is 0 Å². The molecule has 3 saturated heterocycles. The Balaban J connectivity index is 2.05. The summed E-state index contributed by atoms with van der Waals surface area (Å²) in [6, 6.07) is 0. The number of ether oxygens (including phenoxy) is 1. The van der Waals surface area contributed by atoms with Crippen molar-refractivity contribution in [3.63, 3.8) is 0 Å². The zero-order valence-electron chi connectivity index (χ0n) is 6.47. The summed E-state index contributed by atoms with van der Waals surface area (Å²) in [6.45, 7) is 0.341. The lowest BCUT2D eigenvalue weighted by Crippen LogP contribution is -2.33. The van der Waals surface area contributed by atoms with Crippen LogP contribution in [0.5, 0.6) is 0 Å². The second-order valence-corrected chi connectivity index (χ2v) is 5.46. The van der Waals surface area contributed by atoms with E-state index >= 15 is 0 Å². The fraction of sp³-hybridized carbons (Fsp3) is 1.00. The first-order valence-electron chi connectivity index (χ1n) is 4.22. The second-order valence-electron chi connectivity index (χ2n) is 3.70. The molecule has 2 bridgehead atoms. The third-order valence-electron chi connectivity index (χ3n) is 3.11. The molecule has 4 atom stereocenters. The molecule has 3 fully saturated rings. The highest BCUT2D eigenvalue weighted by Gasteiger charge is 2.59. The minimum absolute atomic E-state index is 0.0764. The fourth-order valence-electron chi connectivity index (χ4n) is 2.59. The molecule has 12 heavy (non-hydrogen) atoms. The van der Waals surface area contributed by atoms with Gasteiger partial charge in [0.1, 0.15) is 5.25 Å². The molecule has 3 aliphatic heterocycles. The van der Waals surface area contributed by atoms with Gasteiger partial charge in [-0.1, -0.05) is 0 Å². The van der Waals surface area contributed by atoms with E-state index in [9.17, 15) is 8.42 Å². The van der Waals surface area contributed by atoms with Crippen molar-refractivity contribution in [3.8, 4) is 0 Å². The Hall–Kier alpha value is -0.130. The van der Waals surface area contributed by atoms with Crippen LogP contribution in [0.25, 0.3) is 0 Å². The summed E-state index contributed by atoms with van der Waals surface area (Å²) in [7, 11) is -3.28. The lowest BCUT2D eigenvalue weighted by atomic mass is 9.89. The van der Waals surface area contributed by atoms with Crippen LogP contribution in [-0.2, 0) is 19.0 Å². The van der Waals surface area contributed by atoms with E-state index in [0.29, 0.717) is 6.61 Å². The van der Waals surface area contributed by atoms with Gasteiger partial charge in [0.05, 0.1) is 18.8 Å². The van der Waals surface area contributed by atoms with Gasteiger partial charge in [0.25, 0.3) is 10.1 Å². The van der Waals surface area contributed by atoms with Crippen molar-refractivity contribution in [2.45, 2.75) is 30.3 Å². The van der Waals surface area contributed by atoms with Crippen molar-refractivity contribution < 1.29 is 17.3 Å². The van der Waals surface area contributed by atoms with Crippen LogP contribution in [0.1, 0.15) is 12.8 Å². The van der Waals surface area contributed by atoms with Crippen LogP contribution in [-0.4, -0.2) is 32.5 Å². The lowest BCUT2D eigenvalue weighted by Gasteiger charge is -2.15. The number of hydrogen-bond acceptors (Lipinski definition) is 4. The highest BCUT2D eigenvalue weighted by molar-refractivity contribution is 7.87. The largest absolute Gasteiger partial charge is 0.373 e. The molecule has 5 heteroatoms. The first-order valence-corrected chi connectivity index (χ1v) is 5.69. The smallest absolute Gasteiger partial charge is 0.273 e. The van der Waals surface area contributed by atoms with Gasteiger partial charge in [-0.25, -0.2) is 0 Å². The molecule has 0 aromatic carbocycles. The molecule has 3 rings (SSSR count). The predicted octanol–water partition coefficient (Wildman–Crippen LogP) is -0.108. The van der Waals surface area contributed by atoms with E-state index in [1.54, 1.807) is 0 Å². The zero-order chi connectivity index (χ0) is 8.34. The summed E-state index contributed by atoms with van der Waals surface area (Å²) in [6.07, 6.45) is 1.96. The SMILES string of the molecule is O=S1(=O)OCC2C3CCC(O3)C21. The Morgan fingerprint density at radius 2 is 1.92 bits per heavy atom. The summed E-state index contributed by atoms with van der Waals surface area (Å²) in [5.74, 6) is 0.119. The molecule has 0 radical (unpaired) electrons. The van der Waals surface area contributed by atoms with Crippen LogP contribution in [0.15, 0.2) is 0 Å². The van der Waals surface area contributed by atoms with E-state index < -0.39 is 10.1 Å². The Morgan fingerprint density at radius 1 is 1.17 bits per heavy atom.